The van der Waals surface area contributed by atoms with Crippen LogP contribution >= 0.6 is 0 Å². The lowest BCUT2D eigenvalue weighted by Gasteiger charge is -2.07. The van der Waals surface area contributed by atoms with Crippen molar-refractivity contribution < 1.29 is 4.52 Å². The van der Waals surface area contributed by atoms with E-state index in [0.717, 1.165) is 11.3 Å². The summed E-state index contributed by atoms with van der Waals surface area (Å²) in [5.74, 6) is 2.35. The molecule has 3 aromatic heterocycles. The zero-order valence-corrected chi connectivity index (χ0v) is 13.2. The normalized spacial score (nSPS) is 10.6. The zero-order valence-electron chi connectivity index (χ0n) is 13.2. The average molecular weight is 311 g/mol. The quantitative estimate of drug-likeness (QED) is 0.764. The molecule has 0 saturated heterocycles. The molecule has 3 heterocycles. The van der Waals surface area contributed by atoms with Gasteiger partial charge in [0.1, 0.15) is 5.82 Å². The van der Waals surface area contributed by atoms with E-state index in [9.17, 15) is 0 Å². The molecule has 0 aromatic carbocycles. The molecule has 8 nitrogen and oxygen atoms in total. The van der Waals surface area contributed by atoms with Crippen LogP contribution in [-0.2, 0) is 6.54 Å². The van der Waals surface area contributed by atoms with E-state index in [1.807, 2.05) is 39.2 Å². The van der Waals surface area contributed by atoms with Crippen LogP contribution in [0.2, 0.25) is 0 Å². The molecule has 8 heteroatoms. The largest absolute Gasteiger partial charge is 0.361 e. The average Bonchev–Trinajstić information content (AvgIpc) is 3.03. The third-order valence-corrected chi connectivity index (χ3v) is 3.05. The van der Waals surface area contributed by atoms with Gasteiger partial charge in [0.15, 0.2) is 5.82 Å². The lowest BCUT2D eigenvalue weighted by Crippen LogP contribution is -2.10. The van der Waals surface area contributed by atoms with E-state index in [1.54, 1.807) is 17.3 Å². The minimum atomic E-state index is 0.393. The summed E-state index contributed by atoms with van der Waals surface area (Å²) in [7, 11) is 3.71. The second-order valence-electron chi connectivity index (χ2n) is 5.20. The van der Waals surface area contributed by atoms with Gasteiger partial charge in [0.2, 0.25) is 5.89 Å². The van der Waals surface area contributed by atoms with Crippen LogP contribution in [0.1, 0.15) is 11.6 Å². The summed E-state index contributed by atoms with van der Waals surface area (Å²) in [5.41, 5.74) is 1.73. The first-order chi connectivity index (χ1) is 11.1. The van der Waals surface area contributed by atoms with Crippen LogP contribution in [-0.4, -0.2) is 39.2 Å². The number of nitrogens with zero attached hydrogens (tertiary/aromatic N) is 6. The standard InChI is InChI=1S/C15H17N7O/c1-10-7-12(17-9-13-20-15(21-23-13)22(2)3)19-14(18-10)11-5-4-6-16-8-11/h4-8H,9H2,1-3H3,(H,17,18,19). The van der Waals surface area contributed by atoms with Crippen LogP contribution in [0.4, 0.5) is 11.8 Å². The molecule has 0 bridgehead atoms. The van der Waals surface area contributed by atoms with Crippen molar-refractivity contribution >= 4 is 11.8 Å². The Balaban J connectivity index is 1.76. The second kappa shape index (κ2) is 6.39. The highest BCUT2D eigenvalue weighted by Gasteiger charge is 2.09. The fraction of sp³-hybridized carbons (Fsp3) is 0.267. The maximum absolute atomic E-state index is 5.17. The number of hydrogen-bond acceptors (Lipinski definition) is 8. The number of anilines is 2. The van der Waals surface area contributed by atoms with Crippen LogP contribution in [0.25, 0.3) is 11.4 Å². The molecule has 0 aliphatic heterocycles. The third kappa shape index (κ3) is 3.60. The number of aromatic nitrogens is 5. The number of pyridine rings is 1. The molecule has 3 rings (SSSR count). The molecule has 0 atom stereocenters. The van der Waals surface area contributed by atoms with Gasteiger partial charge in [0.25, 0.3) is 5.95 Å². The first kappa shape index (κ1) is 14.9. The Morgan fingerprint density at radius 2 is 2.09 bits per heavy atom. The Morgan fingerprint density at radius 1 is 1.22 bits per heavy atom. The molecule has 1 N–H and O–H groups in total. The van der Waals surface area contributed by atoms with Crippen molar-refractivity contribution in [2.45, 2.75) is 13.5 Å². The van der Waals surface area contributed by atoms with Gasteiger partial charge in [0, 0.05) is 43.8 Å². The minimum absolute atomic E-state index is 0.393. The topological polar surface area (TPSA) is 92.9 Å². The lowest BCUT2D eigenvalue weighted by atomic mass is 10.2. The molecule has 0 saturated carbocycles. The predicted octanol–water partition coefficient (Wildman–Crippen LogP) is 1.91. The van der Waals surface area contributed by atoms with Crippen LogP contribution in [0.3, 0.4) is 0 Å². The number of aryl methyl sites for hydroxylation is 1. The molecule has 0 radical (unpaired) electrons. The van der Waals surface area contributed by atoms with Gasteiger partial charge in [-0.3, -0.25) is 4.98 Å². The Labute approximate surface area is 133 Å². The van der Waals surface area contributed by atoms with E-state index in [1.165, 1.54) is 0 Å². The van der Waals surface area contributed by atoms with Gasteiger partial charge in [0.05, 0.1) is 6.54 Å². The number of nitrogens with one attached hydrogen (secondary N) is 1. The molecule has 23 heavy (non-hydrogen) atoms. The summed E-state index contributed by atoms with van der Waals surface area (Å²) in [5, 5.41) is 7.05. The molecule has 0 amide bonds. The van der Waals surface area contributed by atoms with E-state index < -0.39 is 0 Å². The van der Waals surface area contributed by atoms with Gasteiger partial charge in [-0.2, -0.15) is 4.98 Å². The summed E-state index contributed by atoms with van der Waals surface area (Å²) in [6.07, 6.45) is 3.45. The highest BCUT2D eigenvalue weighted by molar-refractivity contribution is 5.56. The molecular weight excluding hydrogens is 294 g/mol. The Hall–Kier alpha value is -3.03. The summed E-state index contributed by atoms with van der Waals surface area (Å²) < 4.78 is 5.17. The van der Waals surface area contributed by atoms with Crippen molar-refractivity contribution in [2.24, 2.45) is 0 Å². The van der Waals surface area contributed by atoms with E-state index in [2.05, 4.69) is 30.4 Å². The van der Waals surface area contributed by atoms with E-state index in [0.29, 0.717) is 30.0 Å². The van der Waals surface area contributed by atoms with Gasteiger partial charge in [-0.15, -0.1) is 0 Å². The highest BCUT2D eigenvalue weighted by Crippen LogP contribution is 2.17. The molecule has 0 unspecified atom stereocenters. The first-order valence-electron chi connectivity index (χ1n) is 7.11. The lowest BCUT2D eigenvalue weighted by molar-refractivity contribution is 0.383. The summed E-state index contributed by atoms with van der Waals surface area (Å²) in [6.45, 7) is 2.31. The summed E-state index contributed by atoms with van der Waals surface area (Å²) in [6, 6.07) is 5.64. The molecule has 118 valence electrons. The number of rotatable bonds is 5. The predicted molar refractivity (Wildman–Crippen MR) is 86.0 cm³/mol. The fourth-order valence-electron chi connectivity index (χ4n) is 1.95. The molecule has 0 spiro atoms. The van der Waals surface area contributed by atoms with Crippen molar-refractivity contribution in [3.63, 3.8) is 0 Å². The smallest absolute Gasteiger partial charge is 0.265 e. The number of hydrogen-bond donors (Lipinski definition) is 1. The van der Waals surface area contributed by atoms with Gasteiger partial charge in [-0.25, -0.2) is 9.97 Å². The van der Waals surface area contributed by atoms with Crippen LogP contribution in [0.15, 0.2) is 35.1 Å². The van der Waals surface area contributed by atoms with E-state index in [-0.39, 0.29) is 0 Å². The monoisotopic (exact) mass is 311 g/mol. The second-order valence-corrected chi connectivity index (χ2v) is 5.20. The third-order valence-electron chi connectivity index (χ3n) is 3.05. The molecule has 0 aliphatic rings. The molecule has 0 aliphatic carbocycles. The van der Waals surface area contributed by atoms with Gasteiger partial charge in [-0.1, -0.05) is 0 Å². The van der Waals surface area contributed by atoms with Crippen molar-refractivity contribution in [2.75, 3.05) is 24.3 Å². The van der Waals surface area contributed by atoms with Crippen LogP contribution in [0, 0.1) is 6.92 Å². The van der Waals surface area contributed by atoms with E-state index >= 15 is 0 Å². The van der Waals surface area contributed by atoms with Crippen molar-refractivity contribution in [3.8, 4) is 11.4 Å². The summed E-state index contributed by atoms with van der Waals surface area (Å²) >= 11 is 0. The highest BCUT2D eigenvalue weighted by atomic mass is 16.5. The maximum Gasteiger partial charge on any atom is 0.265 e. The van der Waals surface area contributed by atoms with Crippen LogP contribution < -0.4 is 10.2 Å². The first-order valence-corrected chi connectivity index (χ1v) is 7.11. The van der Waals surface area contributed by atoms with Gasteiger partial charge < -0.3 is 14.7 Å². The molecule has 0 fully saturated rings. The molecule has 3 aromatic rings. The Bertz CT molecular complexity index is 786. The fourth-order valence-corrected chi connectivity index (χ4v) is 1.95. The van der Waals surface area contributed by atoms with Crippen molar-refractivity contribution in [3.05, 3.63) is 42.2 Å². The maximum atomic E-state index is 5.17. The Morgan fingerprint density at radius 3 is 2.78 bits per heavy atom. The Kier molecular flexibility index (Phi) is 4.13. The van der Waals surface area contributed by atoms with Crippen molar-refractivity contribution in [1.82, 2.24) is 25.1 Å². The zero-order chi connectivity index (χ0) is 16.2. The van der Waals surface area contributed by atoms with Gasteiger partial charge >= 0.3 is 0 Å². The molecular formula is C15H17N7O. The van der Waals surface area contributed by atoms with Crippen molar-refractivity contribution in [1.29, 1.82) is 0 Å². The van der Waals surface area contributed by atoms with Crippen LogP contribution in [0.5, 0.6) is 0 Å². The minimum Gasteiger partial charge on any atom is -0.361 e. The SMILES string of the molecule is Cc1cc(NCc2nc(N(C)C)no2)nc(-c2cccnc2)n1. The van der Waals surface area contributed by atoms with E-state index in [4.69, 9.17) is 4.52 Å². The summed E-state index contributed by atoms with van der Waals surface area (Å²) in [4.78, 5) is 19.1. The van der Waals surface area contributed by atoms with Gasteiger partial charge in [-0.05, 0) is 24.2 Å².